The number of nitrogens with one attached hydrogen (secondary N) is 1. The largest absolute Gasteiger partial charge is 0.310 e. The molecule has 0 saturated heterocycles. The number of aryl methyl sites for hydroxylation is 1. The van der Waals surface area contributed by atoms with Crippen molar-refractivity contribution in [2.24, 2.45) is 0 Å². The van der Waals surface area contributed by atoms with Gasteiger partial charge in [-0.3, -0.25) is 0 Å². The molecule has 1 unspecified atom stereocenters. The van der Waals surface area contributed by atoms with Crippen molar-refractivity contribution in [3.8, 4) is 11.1 Å². The lowest BCUT2D eigenvalue weighted by Gasteiger charge is -2.18. The molecule has 106 valence electrons. The van der Waals surface area contributed by atoms with Crippen LogP contribution in [-0.4, -0.2) is 6.54 Å². The Kier molecular flexibility index (Phi) is 4.91. The Bertz CT molecular complexity index is 560. The Morgan fingerprint density at radius 1 is 1.10 bits per heavy atom. The molecule has 0 bridgehead atoms. The van der Waals surface area contributed by atoms with Crippen LogP contribution < -0.4 is 5.32 Å². The van der Waals surface area contributed by atoms with E-state index in [2.05, 4.69) is 50.4 Å². The molecule has 1 nitrogen and oxygen atoms in total. The first-order chi connectivity index (χ1) is 9.61. The van der Waals surface area contributed by atoms with Gasteiger partial charge in [-0.1, -0.05) is 42.8 Å². The highest BCUT2D eigenvalue weighted by Gasteiger charge is 2.12. The quantitative estimate of drug-likeness (QED) is 0.818. The third-order valence-corrected chi connectivity index (χ3v) is 3.54. The summed E-state index contributed by atoms with van der Waals surface area (Å²) in [7, 11) is 0. The van der Waals surface area contributed by atoms with Gasteiger partial charge in [-0.25, -0.2) is 4.39 Å². The molecule has 0 saturated carbocycles. The summed E-state index contributed by atoms with van der Waals surface area (Å²) in [5.41, 5.74) is 4.39. The molecular weight excluding hydrogens is 249 g/mol. The molecule has 0 heterocycles. The fourth-order valence-corrected chi connectivity index (χ4v) is 2.36. The van der Waals surface area contributed by atoms with Gasteiger partial charge in [0, 0.05) is 6.04 Å². The van der Waals surface area contributed by atoms with E-state index in [0.717, 1.165) is 29.7 Å². The van der Waals surface area contributed by atoms with Gasteiger partial charge in [-0.15, -0.1) is 0 Å². The SMILES string of the molecule is CCCNC(C)c1ccc(F)cc1-c1ccc(C)cc1. The average molecular weight is 271 g/mol. The van der Waals surface area contributed by atoms with E-state index in [1.54, 1.807) is 6.07 Å². The molecule has 0 aliphatic carbocycles. The Labute approximate surface area is 120 Å². The summed E-state index contributed by atoms with van der Waals surface area (Å²) in [5.74, 6) is -0.188. The first-order valence-corrected chi connectivity index (χ1v) is 7.21. The van der Waals surface area contributed by atoms with E-state index in [1.807, 2.05) is 6.07 Å². The van der Waals surface area contributed by atoms with Crippen LogP contribution in [0.5, 0.6) is 0 Å². The van der Waals surface area contributed by atoms with Crippen LogP contribution in [-0.2, 0) is 0 Å². The highest BCUT2D eigenvalue weighted by molar-refractivity contribution is 5.68. The summed E-state index contributed by atoms with van der Waals surface area (Å²) >= 11 is 0. The Hall–Kier alpha value is -1.67. The molecule has 0 amide bonds. The molecule has 0 radical (unpaired) electrons. The number of benzene rings is 2. The molecule has 0 aromatic heterocycles. The summed E-state index contributed by atoms with van der Waals surface area (Å²) in [6, 6.07) is 13.5. The zero-order valence-electron chi connectivity index (χ0n) is 12.4. The molecule has 20 heavy (non-hydrogen) atoms. The second kappa shape index (κ2) is 6.67. The molecule has 0 aliphatic heterocycles. The van der Waals surface area contributed by atoms with E-state index in [0.29, 0.717) is 0 Å². The van der Waals surface area contributed by atoms with Crippen LogP contribution in [0.4, 0.5) is 4.39 Å². The summed E-state index contributed by atoms with van der Waals surface area (Å²) in [4.78, 5) is 0. The molecule has 2 heteroatoms. The normalized spacial score (nSPS) is 12.4. The maximum Gasteiger partial charge on any atom is 0.123 e. The fraction of sp³-hybridized carbons (Fsp3) is 0.333. The van der Waals surface area contributed by atoms with Gasteiger partial charge in [-0.2, -0.15) is 0 Å². The highest BCUT2D eigenvalue weighted by atomic mass is 19.1. The lowest BCUT2D eigenvalue weighted by atomic mass is 9.95. The zero-order chi connectivity index (χ0) is 14.5. The smallest absolute Gasteiger partial charge is 0.123 e. The van der Waals surface area contributed by atoms with E-state index in [-0.39, 0.29) is 11.9 Å². The van der Waals surface area contributed by atoms with Crippen molar-refractivity contribution < 1.29 is 4.39 Å². The van der Waals surface area contributed by atoms with Crippen molar-refractivity contribution >= 4 is 0 Å². The standard InChI is InChI=1S/C18H22FN/c1-4-11-20-14(3)17-10-9-16(19)12-18(17)15-7-5-13(2)6-8-15/h5-10,12,14,20H,4,11H2,1-3H3. The van der Waals surface area contributed by atoms with Crippen LogP contribution >= 0.6 is 0 Å². The molecule has 0 spiro atoms. The number of halogens is 1. The molecule has 2 aromatic rings. The van der Waals surface area contributed by atoms with Crippen LogP contribution in [0.3, 0.4) is 0 Å². The first kappa shape index (κ1) is 14.7. The predicted octanol–water partition coefficient (Wildman–Crippen LogP) is 4.86. The van der Waals surface area contributed by atoms with Crippen LogP contribution in [0.1, 0.15) is 37.4 Å². The third kappa shape index (κ3) is 3.45. The van der Waals surface area contributed by atoms with Crippen molar-refractivity contribution in [3.05, 3.63) is 59.4 Å². The van der Waals surface area contributed by atoms with Gasteiger partial charge in [0.1, 0.15) is 5.82 Å². The highest BCUT2D eigenvalue weighted by Crippen LogP contribution is 2.29. The lowest BCUT2D eigenvalue weighted by Crippen LogP contribution is -2.20. The molecule has 1 N–H and O–H groups in total. The van der Waals surface area contributed by atoms with Gasteiger partial charge in [0.2, 0.25) is 0 Å². The molecule has 0 fully saturated rings. The Morgan fingerprint density at radius 3 is 2.45 bits per heavy atom. The predicted molar refractivity (Wildman–Crippen MR) is 83.3 cm³/mol. The summed E-state index contributed by atoms with van der Waals surface area (Å²) in [5, 5.41) is 3.47. The van der Waals surface area contributed by atoms with Gasteiger partial charge in [0.05, 0.1) is 0 Å². The van der Waals surface area contributed by atoms with Crippen molar-refractivity contribution in [3.63, 3.8) is 0 Å². The van der Waals surface area contributed by atoms with Crippen molar-refractivity contribution in [2.45, 2.75) is 33.2 Å². The van der Waals surface area contributed by atoms with Gasteiger partial charge < -0.3 is 5.32 Å². The lowest BCUT2D eigenvalue weighted by molar-refractivity contribution is 0.569. The van der Waals surface area contributed by atoms with E-state index in [4.69, 9.17) is 0 Å². The van der Waals surface area contributed by atoms with Gasteiger partial charge in [0.25, 0.3) is 0 Å². The average Bonchev–Trinajstić information content (AvgIpc) is 2.45. The van der Waals surface area contributed by atoms with Crippen LogP contribution in [0.2, 0.25) is 0 Å². The second-order valence-corrected chi connectivity index (χ2v) is 5.27. The Morgan fingerprint density at radius 2 is 1.80 bits per heavy atom. The van der Waals surface area contributed by atoms with E-state index in [1.165, 1.54) is 11.6 Å². The van der Waals surface area contributed by atoms with Crippen LogP contribution in [0.15, 0.2) is 42.5 Å². The monoisotopic (exact) mass is 271 g/mol. The molecule has 2 rings (SSSR count). The van der Waals surface area contributed by atoms with Crippen molar-refractivity contribution in [1.29, 1.82) is 0 Å². The van der Waals surface area contributed by atoms with Gasteiger partial charge in [-0.05, 0) is 55.6 Å². The van der Waals surface area contributed by atoms with E-state index in [9.17, 15) is 4.39 Å². The summed E-state index contributed by atoms with van der Waals surface area (Å²) in [6.07, 6.45) is 1.09. The molecular formula is C18H22FN. The van der Waals surface area contributed by atoms with Crippen LogP contribution in [0.25, 0.3) is 11.1 Å². The summed E-state index contributed by atoms with van der Waals surface area (Å²) in [6.45, 7) is 7.29. The number of hydrogen-bond donors (Lipinski definition) is 1. The van der Waals surface area contributed by atoms with Crippen LogP contribution in [0, 0.1) is 12.7 Å². The van der Waals surface area contributed by atoms with Gasteiger partial charge >= 0.3 is 0 Å². The Balaban J connectivity index is 2.40. The summed E-state index contributed by atoms with van der Waals surface area (Å²) < 4.78 is 13.6. The second-order valence-electron chi connectivity index (χ2n) is 5.27. The van der Waals surface area contributed by atoms with E-state index < -0.39 is 0 Å². The number of rotatable bonds is 5. The third-order valence-electron chi connectivity index (χ3n) is 3.54. The molecule has 0 aliphatic rings. The minimum atomic E-state index is -0.188. The van der Waals surface area contributed by atoms with Crippen molar-refractivity contribution in [1.82, 2.24) is 5.32 Å². The maximum absolute atomic E-state index is 13.6. The minimum Gasteiger partial charge on any atom is -0.310 e. The van der Waals surface area contributed by atoms with E-state index >= 15 is 0 Å². The van der Waals surface area contributed by atoms with Crippen molar-refractivity contribution in [2.75, 3.05) is 6.54 Å². The topological polar surface area (TPSA) is 12.0 Å². The molecule has 1 atom stereocenters. The number of hydrogen-bond acceptors (Lipinski definition) is 1. The fourth-order valence-electron chi connectivity index (χ4n) is 2.36. The molecule has 2 aromatic carbocycles. The first-order valence-electron chi connectivity index (χ1n) is 7.21. The van der Waals surface area contributed by atoms with Gasteiger partial charge in [0.15, 0.2) is 0 Å². The zero-order valence-corrected chi connectivity index (χ0v) is 12.4. The maximum atomic E-state index is 13.6. The minimum absolute atomic E-state index is 0.188.